The third-order valence-corrected chi connectivity index (χ3v) is 5.78. The third-order valence-electron chi connectivity index (χ3n) is 4.65. The fourth-order valence-corrected chi connectivity index (χ4v) is 3.70. The number of carbonyl (C=O) groups excluding carboxylic acids is 4. The van der Waals surface area contributed by atoms with Gasteiger partial charge in [-0.1, -0.05) is 45.0 Å². The number of rotatable bonds is 9. The van der Waals surface area contributed by atoms with Crippen LogP contribution in [0.25, 0.3) is 0 Å². The molecule has 0 unspecified atom stereocenters. The Balaban J connectivity index is 1.88. The van der Waals surface area contributed by atoms with Gasteiger partial charge < -0.3 is 15.4 Å². The van der Waals surface area contributed by atoms with E-state index in [4.69, 9.17) is 4.74 Å². The van der Waals surface area contributed by atoms with Crippen LogP contribution >= 0.6 is 11.3 Å². The molecule has 0 saturated heterocycles. The molecule has 0 aliphatic rings. The Labute approximate surface area is 192 Å². The highest BCUT2D eigenvalue weighted by atomic mass is 32.1. The van der Waals surface area contributed by atoms with Crippen LogP contribution in [-0.4, -0.2) is 36.7 Å². The van der Waals surface area contributed by atoms with Crippen molar-refractivity contribution >= 4 is 39.9 Å². The summed E-state index contributed by atoms with van der Waals surface area (Å²) in [5.74, 6) is -1.08. The van der Waals surface area contributed by atoms with Crippen LogP contribution in [-0.2, 0) is 20.7 Å². The number of Topliss-reactive ketones (excluding diaryl/α,β-unsaturated/α-hetero) is 1. The maximum absolute atomic E-state index is 12.4. The van der Waals surface area contributed by atoms with Crippen LogP contribution in [0.15, 0.2) is 30.3 Å². The molecule has 0 fully saturated rings. The van der Waals surface area contributed by atoms with Crippen molar-refractivity contribution < 1.29 is 23.9 Å². The van der Waals surface area contributed by atoms with Crippen molar-refractivity contribution in [3.05, 3.63) is 51.9 Å². The first kappa shape index (κ1) is 25.3. The normalized spacial score (nSPS) is 11.0. The molecule has 32 heavy (non-hydrogen) atoms. The fourth-order valence-electron chi connectivity index (χ4n) is 2.74. The van der Waals surface area contributed by atoms with Crippen molar-refractivity contribution in [2.24, 2.45) is 5.41 Å². The van der Waals surface area contributed by atoms with Gasteiger partial charge in [-0.2, -0.15) is 0 Å². The zero-order chi connectivity index (χ0) is 23.9. The minimum Gasteiger partial charge on any atom is -0.453 e. The van der Waals surface area contributed by atoms with Crippen molar-refractivity contribution in [1.29, 1.82) is 0 Å². The standard InChI is InChI=1S/C24H30N2O5S/c1-15-13-20(26-23(30)24(3,4)5)32-21(15)22(29)31-14-19(28)18-10-8-17(9-11-18)7-6-12-25-16(2)27/h8-11,13H,6-7,12,14H2,1-5H3,(H,25,27)(H,26,30). The average molecular weight is 459 g/mol. The van der Waals surface area contributed by atoms with E-state index in [9.17, 15) is 19.2 Å². The van der Waals surface area contributed by atoms with E-state index in [1.807, 2.05) is 32.9 Å². The number of aryl methyl sites for hydroxylation is 2. The van der Waals surface area contributed by atoms with Crippen molar-refractivity contribution in [2.75, 3.05) is 18.5 Å². The van der Waals surface area contributed by atoms with E-state index in [-0.39, 0.29) is 24.2 Å². The maximum Gasteiger partial charge on any atom is 0.349 e. The van der Waals surface area contributed by atoms with Crippen LogP contribution in [0.4, 0.5) is 5.00 Å². The quantitative estimate of drug-likeness (QED) is 0.334. The Morgan fingerprint density at radius 3 is 2.31 bits per heavy atom. The number of hydrogen-bond donors (Lipinski definition) is 2. The summed E-state index contributed by atoms with van der Waals surface area (Å²) in [5.41, 5.74) is 1.65. The van der Waals surface area contributed by atoms with Gasteiger partial charge >= 0.3 is 5.97 Å². The molecule has 1 aromatic heterocycles. The molecule has 2 aromatic rings. The zero-order valence-corrected chi connectivity index (χ0v) is 20.0. The van der Waals surface area contributed by atoms with Crippen LogP contribution in [0.3, 0.4) is 0 Å². The van der Waals surface area contributed by atoms with Crippen molar-refractivity contribution in [3.63, 3.8) is 0 Å². The molecule has 0 aliphatic heterocycles. The number of nitrogens with one attached hydrogen (secondary N) is 2. The van der Waals surface area contributed by atoms with Crippen LogP contribution in [0.2, 0.25) is 0 Å². The molecule has 0 bridgehead atoms. The smallest absolute Gasteiger partial charge is 0.349 e. The third kappa shape index (κ3) is 7.60. The van der Waals surface area contributed by atoms with Crippen LogP contribution in [0.1, 0.15) is 65.3 Å². The monoisotopic (exact) mass is 458 g/mol. The van der Waals surface area contributed by atoms with E-state index in [1.165, 1.54) is 6.92 Å². The Kier molecular flexibility index (Phi) is 8.72. The molecule has 1 aromatic carbocycles. The molecule has 1 heterocycles. The van der Waals surface area contributed by atoms with E-state index in [0.29, 0.717) is 27.5 Å². The van der Waals surface area contributed by atoms with E-state index in [0.717, 1.165) is 29.7 Å². The highest BCUT2D eigenvalue weighted by molar-refractivity contribution is 7.18. The number of benzene rings is 1. The molecule has 2 amide bonds. The van der Waals surface area contributed by atoms with Gasteiger partial charge in [-0.25, -0.2) is 4.79 Å². The number of hydrogen-bond acceptors (Lipinski definition) is 6. The zero-order valence-electron chi connectivity index (χ0n) is 19.2. The summed E-state index contributed by atoms with van der Waals surface area (Å²) < 4.78 is 5.21. The SMILES string of the molecule is CC(=O)NCCCc1ccc(C(=O)COC(=O)c2sc(NC(=O)C(C)(C)C)cc2C)cc1. The first-order chi connectivity index (χ1) is 15.0. The average Bonchev–Trinajstić information content (AvgIpc) is 3.08. The second kappa shape index (κ2) is 11.0. The Hall–Kier alpha value is -3.00. The van der Waals surface area contributed by atoms with Crippen LogP contribution in [0.5, 0.6) is 0 Å². The summed E-state index contributed by atoms with van der Waals surface area (Å²) in [6, 6.07) is 8.85. The number of ether oxygens (including phenoxy) is 1. The molecule has 7 nitrogen and oxygen atoms in total. The van der Waals surface area contributed by atoms with Gasteiger partial charge in [0.1, 0.15) is 4.88 Å². The lowest BCUT2D eigenvalue weighted by molar-refractivity contribution is -0.123. The highest BCUT2D eigenvalue weighted by Crippen LogP contribution is 2.29. The van der Waals surface area contributed by atoms with Gasteiger partial charge in [0.2, 0.25) is 11.8 Å². The summed E-state index contributed by atoms with van der Waals surface area (Å²) in [6.07, 6.45) is 1.60. The number of carbonyl (C=O) groups is 4. The van der Waals surface area contributed by atoms with E-state index >= 15 is 0 Å². The first-order valence-corrected chi connectivity index (χ1v) is 11.2. The summed E-state index contributed by atoms with van der Waals surface area (Å²) in [6.45, 7) is 8.91. The lowest BCUT2D eigenvalue weighted by Crippen LogP contribution is -2.27. The lowest BCUT2D eigenvalue weighted by Gasteiger charge is -2.16. The van der Waals surface area contributed by atoms with Crippen LogP contribution < -0.4 is 10.6 Å². The number of esters is 1. The van der Waals surface area contributed by atoms with Crippen molar-refractivity contribution in [2.45, 2.75) is 47.5 Å². The minimum atomic E-state index is -0.591. The Morgan fingerprint density at radius 2 is 1.72 bits per heavy atom. The van der Waals surface area contributed by atoms with Gasteiger partial charge in [-0.3, -0.25) is 14.4 Å². The predicted molar refractivity (Wildman–Crippen MR) is 125 cm³/mol. The van der Waals surface area contributed by atoms with Gasteiger partial charge in [-0.15, -0.1) is 11.3 Å². The number of thiophene rings is 1. The molecule has 2 rings (SSSR count). The molecule has 0 atom stereocenters. The van der Waals surface area contributed by atoms with Gasteiger partial charge in [0.05, 0.1) is 5.00 Å². The van der Waals surface area contributed by atoms with Gasteiger partial charge in [0.15, 0.2) is 12.4 Å². The summed E-state index contributed by atoms with van der Waals surface area (Å²) in [4.78, 5) is 48.2. The molecule has 172 valence electrons. The Bertz CT molecular complexity index is 987. The molecule has 8 heteroatoms. The van der Waals surface area contributed by atoms with E-state index < -0.39 is 11.4 Å². The fraction of sp³-hybridized carbons (Fsp3) is 0.417. The summed E-state index contributed by atoms with van der Waals surface area (Å²) >= 11 is 1.13. The van der Waals surface area contributed by atoms with E-state index in [2.05, 4.69) is 10.6 Å². The number of anilines is 1. The lowest BCUT2D eigenvalue weighted by atomic mass is 9.96. The van der Waals surface area contributed by atoms with Gasteiger partial charge in [-0.05, 0) is 37.0 Å². The van der Waals surface area contributed by atoms with Crippen molar-refractivity contribution in [1.82, 2.24) is 5.32 Å². The summed E-state index contributed by atoms with van der Waals surface area (Å²) in [5, 5.41) is 6.11. The second-order valence-corrected chi connectivity index (χ2v) is 9.66. The maximum atomic E-state index is 12.4. The molecule has 0 spiro atoms. The van der Waals surface area contributed by atoms with E-state index in [1.54, 1.807) is 25.1 Å². The van der Waals surface area contributed by atoms with Crippen LogP contribution in [0, 0.1) is 12.3 Å². The molecular weight excluding hydrogens is 428 g/mol. The first-order valence-electron chi connectivity index (χ1n) is 10.4. The van der Waals surface area contributed by atoms with Crippen molar-refractivity contribution in [3.8, 4) is 0 Å². The Morgan fingerprint density at radius 1 is 1.06 bits per heavy atom. The molecule has 0 saturated carbocycles. The van der Waals surface area contributed by atoms with Gasteiger partial charge in [0.25, 0.3) is 0 Å². The second-order valence-electron chi connectivity index (χ2n) is 8.61. The molecular formula is C24H30N2O5S. The highest BCUT2D eigenvalue weighted by Gasteiger charge is 2.23. The minimum absolute atomic E-state index is 0.0517. The largest absolute Gasteiger partial charge is 0.453 e. The molecule has 2 N–H and O–H groups in total. The topological polar surface area (TPSA) is 102 Å². The number of amides is 2. The molecule has 0 radical (unpaired) electrons. The molecule has 0 aliphatic carbocycles. The predicted octanol–water partition coefficient (Wildman–Crippen LogP) is 4.15. The summed E-state index contributed by atoms with van der Waals surface area (Å²) in [7, 11) is 0. The number of ketones is 1. The van der Waals surface area contributed by atoms with Gasteiger partial charge in [0, 0.05) is 24.4 Å².